The first-order valence-corrected chi connectivity index (χ1v) is 6.56. The number of carbonyl (C=O) groups is 1. The smallest absolute Gasteiger partial charge is 0.239 e. The predicted octanol–water partition coefficient (Wildman–Crippen LogP) is 1.88. The minimum Gasteiger partial charge on any atom is -0.341 e. The van der Waals surface area contributed by atoms with E-state index in [0.29, 0.717) is 11.8 Å². The van der Waals surface area contributed by atoms with Crippen molar-refractivity contribution < 1.29 is 4.79 Å². The number of nitrogens with zero attached hydrogens (tertiary/aromatic N) is 1. The Morgan fingerprint density at radius 3 is 2.44 bits per heavy atom. The molecule has 0 spiro atoms. The van der Waals surface area contributed by atoms with Crippen molar-refractivity contribution in [3.8, 4) is 0 Å². The van der Waals surface area contributed by atoms with E-state index >= 15 is 0 Å². The molecule has 0 bridgehead atoms. The average Bonchev–Trinajstić information content (AvgIpc) is 2.23. The highest BCUT2D eigenvalue weighted by molar-refractivity contribution is 5.81. The van der Waals surface area contributed by atoms with Crippen molar-refractivity contribution in [2.75, 3.05) is 19.6 Å². The highest BCUT2D eigenvalue weighted by Gasteiger charge is 2.27. The van der Waals surface area contributed by atoms with Gasteiger partial charge < -0.3 is 10.2 Å². The Balaban J connectivity index is 2.45. The Bertz CT molecular complexity index is 220. The molecular weight excluding hydrogens is 200 g/mol. The zero-order valence-electron chi connectivity index (χ0n) is 11.1. The summed E-state index contributed by atoms with van der Waals surface area (Å²) < 4.78 is 0. The zero-order valence-corrected chi connectivity index (χ0v) is 11.1. The third-order valence-corrected chi connectivity index (χ3v) is 3.25. The lowest BCUT2D eigenvalue weighted by Gasteiger charge is -2.36. The van der Waals surface area contributed by atoms with E-state index in [2.05, 4.69) is 26.1 Å². The number of likely N-dealkylation sites (tertiary alicyclic amines) is 1. The van der Waals surface area contributed by atoms with E-state index in [1.54, 1.807) is 0 Å². The maximum Gasteiger partial charge on any atom is 0.239 e. The maximum atomic E-state index is 12.2. The molecule has 0 saturated carbocycles. The molecule has 0 aromatic rings. The summed E-state index contributed by atoms with van der Waals surface area (Å²) in [5, 5.41) is 3.27. The van der Waals surface area contributed by atoms with Gasteiger partial charge >= 0.3 is 0 Å². The first kappa shape index (κ1) is 13.5. The van der Waals surface area contributed by atoms with Crippen LogP contribution in [0.15, 0.2) is 0 Å². The van der Waals surface area contributed by atoms with Crippen LogP contribution >= 0.6 is 0 Å². The lowest BCUT2D eigenvalue weighted by atomic mass is 9.91. The van der Waals surface area contributed by atoms with Crippen LogP contribution in [0.25, 0.3) is 0 Å². The second-order valence-corrected chi connectivity index (χ2v) is 5.37. The Morgan fingerprint density at radius 2 is 1.94 bits per heavy atom. The summed E-state index contributed by atoms with van der Waals surface area (Å²) in [4.78, 5) is 14.2. The highest BCUT2D eigenvalue weighted by atomic mass is 16.2. The molecule has 1 aliphatic heterocycles. The van der Waals surface area contributed by atoms with Crippen LogP contribution in [0.3, 0.4) is 0 Å². The third-order valence-electron chi connectivity index (χ3n) is 3.25. The number of amides is 1. The monoisotopic (exact) mass is 226 g/mol. The molecule has 94 valence electrons. The normalized spacial score (nSPS) is 27.9. The van der Waals surface area contributed by atoms with E-state index in [0.717, 1.165) is 26.1 Å². The number of carbonyl (C=O) groups excluding carboxylic acids is 1. The molecule has 0 radical (unpaired) electrons. The number of hydrogen-bond donors (Lipinski definition) is 1. The summed E-state index contributed by atoms with van der Waals surface area (Å²) in [5.74, 6) is 1.56. The van der Waals surface area contributed by atoms with Crippen LogP contribution < -0.4 is 5.32 Å². The van der Waals surface area contributed by atoms with Crippen LogP contribution in [-0.4, -0.2) is 36.5 Å². The van der Waals surface area contributed by atoms with E-state index in [1.165, 1.54) is 6.42 Å². The van der Waals surface area contributed by atoms with Gasteiger partial charge in [-0.2, -0.15) is 0 Å². The molecular formula is C13H26N2O. The number of nitrogens with one attached hydrogen (secondary N) is 1. The van der Waals surface area contributed by atoms with Gasteiger partial charge in [0.1, 0.15) is 0 Å². The van der Waals surface area contributed by atoms with Gasteiger partial charge in [0, 0.05) is 13.1 Å². The van der Waals surface area contributed by atoms with Gasteiger partial charge in [0.2, 0.25) is 5.91 Å². The fourth-order valence-corrected chi connectivity index (χ4v) is 2.56. The number of rotatable bonds is 4. The molecule has 3 atom stereocenters. The highest BCUT2D eigenvalue weighted by Crippen LogP contribution is 2.21. The van der Waals surface area contributed by atoms with Crippen LogP contribution in [0.1, 0.15) is 40.5 Å². The number of piperidine rings is 1. The topological polar surface area (TPSA) is 32.3 Å². The second kappa shape index (κ2) is 6.24. The zero-order chi connectivity index (χ0) is 12.1. The van der Waals surface area contributed by atoms with Gasteiger partial charge in [0.05, 0.1) is 6.04 Å². The molecule has 1 fully saturated rings. The standard InChI is InChI=1S/C13H26N2O/c1-5-6-14-12(4)13(16)15-8-10(2)7-11(3)9-15/h10-12,14H,5-9H2,1-4H3. The van der Waals surface area contributed by atoms with Crippen molar-refractivity contribution in [3.63, 3.8) is 0 Å². The first-order valence-electron chi connectivity index (χ1n) is 6.56. The minimum absolute atomic E-state index is 0.0301. The molecule has 0 aromatic heterocycles. The summed E-state index contributed by atoms with van der Waals surface area (Å²) in [7, 11) is 0. The third kappa shape index (κ3) is 3.78. The largest absolute Gasteiger partial charge is 0.341 e. The summed E-state index contributed by atoms with van der Waals surface area (Å²) in [6.45, 7) is 11.4. The Labute approximate surface area is 99.6 Å². The van der Waals surface area contributed by atoms with E-state index < -0.39 is 0 Å². The molecule has 1 amide bonds. The van der Waals surface area contributed by atoms with Crippen LogP contribution in [0.5, 0.6) is 0 Å². The lowest BCUT2D eigenvalue weighted by Crippen LogP contribution is -2.50. The van der Waals surface area contributed by atoms with E-state index in [-0.39, 0.29) is 11.9 Å². The Hall–Kier alpha value is -0.570. The lowest BCUT2D eigenvalue weighted by molar-refractivity contribution is -0.135. The SMILES string of the molecule is CCCNC(C)C(=O)N1CC(C)CC(C)C1. The summed E-state index contributed by atoms with van der Waals surface area (Å²) >= 11 is 0. The number of hydrogen-bond acceptors (Lipinski definition) is 2. The summed E-state index contributed by atoms with van der Waals surface area (Å²) in [6, 6.07) is -0.0301. The first-order chi connectivity index (χ1) is 7.54. The quantitative estimate of drug-likeness (QED) is 0.794. The van der Waals surface area contributed by atoms with Crippen LogP contribution in [0.4, 0.5) is 0 Å². The second-order valence-electron chi connectivity index (χ2n) is 5.37. The van der Waals surface area contributed by atoms with Crippen LogP contribution in [0, 0.1) is 11.8 Å². The van der Waals surface area contributed by atoms with Gasteiger partial charge in [-0.25, -0.2) is 0 Å². The fraction of sp³-hybridized carbons (Fsp3) is 0.923. The molecule has 16 heavy (non-hydrogen) atoms. The van der Waals surface area contributed by atoms with Crippen molar-refractivity contribution in [2.45, 2.75) is 46.6 Å². The average molecular weight is 226 g/mol. The molecule has 3 unspecified atom stereocenters. The van der Waals surface area contributed by atoms with Gasteiger partial charge in [-0.15, -0.1) is 0 Å². The van der Waals surface area contributed by atoms with Crippen molar-refractivity contribution >= 4 is 5.91 Å². The van der Waals surface area contributed by atoms with E-state index in [1.807, 2.05) is 11.8 Å². The van der Waals surface area contributed by atoms with Gasteiger partial charge in [-0.3, -0.25) is 4.79 Å². The molecule has 3 heteroatoms. The molecule has 1 saturated heterocycles. The molecule has 0 aromatic carbocycles. The van der Waals surface area contributed by atoms with Crippen molar-refractivity contribution in [2.24, 2.45) is 11.8 Å². The molecule has 1 N–H and O–H groups in total. The fourth-order valence-electron chi connectivity index (χ4n) is 2.56. The minimum atomic E-state index is -0.0301. The Morgan fingerprint density at radius 1 is 1.38 bits per heavy atom. The van der Waals surface area contributed by atoms with E-state index in [4.69, 9.17) is 0 Å². The Kier molecular flexibility index (Phi) is 5.26. The maximum absolute atomic E-state index is 12.2. The molecule has 1 rings (SSSR count). The van der Waals surface area contributed by atoms with Crippen LogP contribution in [-0.2, 0) is 4.79 Å². The van der Waals surface area contributed by atoms with Gasteiger partial charge in [0.15, 0.2) is 0 Å². The molecule has 1 heterocycles. The molecule has 0 aliphatic carbocycles. The summed E-state index contributed by atoms with van der Waals surface area (Å²) in [6.07, 6.45) is 2.32. The van der Waals surface area contributed by atoms with Gasteiger partial charge in [0.25, 0.3) is 0 Å². The molecule has 3 nitrogen and oxygen atoms in total. The van der Waals surface area contributed by atoms with Gasteiger partial charge in [-0.05, 0) is 38.1 Å². The van der Waals surface area contributed by atoms with Crippen molar-refractivity contribution in [3.05, 3.63) is 0 Å². The van der Waals surface area contributed by atoms with Crippen molar-refractivity contribution in [1.82, 2.24) is 10.2 Å². The van der Waals surface area contributed by atoms with E-state index in [9.17, 15) is 4.79 Å². The predicted molar refractivity (Wildman–Crippen MR) is 67.3 cm³/mol. The van der Waals surface area contributed by atoms with Gasteiger partial charge in [-0.1, -0.05) is 20.8 Å². The molecule has 1 aliphatic rings. The van der Waals surface area contributed by atoms with Crippen molar-refractivity contribution in [1.29, 1.82) is 0 Å². The van der Waals surface area contributed by atoms with Crippen LogP contribution in [0.2, 0.25) is 0 Å². The summed E-state index contributed by atoms with van der Waals surface area (Å²) in [5.41, 5.74) is 0.